The van der Waals surface area contributed by atoms with Gasteiger partial charge < -0.3 is 10.4 Å². The molecule has 0 saturated carbocycles. The minimum absolute atomic E-state index is 0.278. The topological polar surface area (TPSA) is 58.0 Å². The van der Waals surface area contributed by atoms with Crippen molar-refractivity contribution < 1.29 is 5.11 Å². The van der Waals surface area contributed by atoms with Gasteiger partial charge in [0.15, 0.2) is 0 Å². The zero-order valence-electron chi connectivity index (χ0n) is 10.8. The maximum absolute atomic E-state index is 9.91. The average Bonchev–Trinajstić information content (AvgIpc) is 2.26. The van der Waals surface area contributed by atoms with Gasteiger partial charge in [-0.2, -0.15) is 0 Å². The SMILES string of the molecule is CCC(C)(O)CNc1cc(Br)nc(C(C)C)n1. The van der Waals surface area contributed by atoms with E-state index in [0.29, 0.717) is 13.0 Å². The molecule has 0 aromatic carbocycles. The summed E-state index contributed by atoms with van der Waals surface area (Å²) >= 11 is 3.37. The van der Waals surface area contributed by atoms with Gasteiger partial charge in [0.25, 0.3) is 0 Å². The van der Waals surface area contributed by atoms with Crippen molar-refractivity contribution in [3.8, 4) is 0 Å². The predicted octanol–water partition coefficient (Wildman–Crippen LogP) is 2.94. The summed E-state index contributed by atoms with van der Waals surface area (Å²) in [4.78, 5) is 8.71. The van der Waals surface area contributed by atoms with Crippen molar-refractivity contribution in [3.63, 3.8) is 0 Å². The minimum atomic E-state index is -0.713. The maximum Gasteiger partial charge on any atom is 0.134 e. The van der Waals surface area contributed by atoms with Crippen LogP contribution in [0.1, 0.15) is 45.9 Å². The highest BCUT2D eigenvalue weighted by atomic mass is 79.9. The van der Waals surface area contributed by atoms with E-state index in [1.54, 1.807) is 6.92 Å². The molecule has 0 fully saturated rings. The quantitative estimate of drug-likeness (QED) is 0.821. The average molecular weight is 302 g/mol. The van der Waals surface area contributed by atoms with Crippen LogP contribution in [-0.4, -0.2) is 27.2 Å². The fourth-order valence-corrected chi connectivity index (χ4v) is 1.59. The molecule has 1 rings (SSSR count). The molecule has 5 heteroatoms. The Morgan fingerprint density at radius 2 is 2.12 bits per heavy atom. The molecule has 4 nitrogen and oxygen atoms in total. The molecule has 2 N–H and O–H groups in total. The van der Waals surface area contributed by atoms with E-state index in [1.165, 1.54) is 0 Å². The number of rotatable bonds is 5. The van der Waals surface area contributed by atoms with E-state index in [-0.39, 0.29) is 5.92 Å². The zero-order chi connectivity index (χ0) is 13.1. The van der Waals surface area contributed by atoms with E-state index in [4.69, 9.17) is 0 Å². The standard InChI is InChI=1S/C12H20BrN3O/c1-5-12(4,17)7-14-10-6-9(13)15-11(16-10)8(2)3/h6,8,17H,5,7H2,1-4H3,(H,14,15,16). The highest BCUT2D eigenvalue weighted by Gasteiger charge is 2.17. The highest BCUT2D eigenvalue weighted by Crippen LogP contribution is 2.18. The molecule has 96 valence electrons. The summed E-state index contributed by atoms with van der Waals surface area (Å²) in [7, 11) is 0. The van der Waals surface area contributed by atoms with Crippen molar-refractivity contribution in [2.75, 3.05) is 11.9 Å². The molecular formula is C12H20BrN3O. The number of halogens is 1. The van der Waals surface area contributed by atoms with Gasteiger partial charge in [0.05, 0.1) is 5.60 Å². The lowest BCUT2D eigenvalue weighted by molar-refractivity contribution is 0.0696. The van der Waals surface area contributed by atoms with Gasteiger partial charge in [-0.15, -0.1) is 0 Å². The Hall–Kier alpha value is -0.680. The molecule has 0 aliphatic carbocycles. The molecule has 0 spiro atoms. The van der Waals surface area contributed by atoms with Crippen molar-refractivity contribution in [2.24, 2.45) is 0 Å². The third kappa shape index (κ3) is 4.60. The van der Waals surface area contributed by atoms with Crippen LogP contribution >= 0.6 is 15.9 Å². The third-order valence-electron chi connectivity index (χ3n) is 2.64. The van der Waals surface area contributed by atoms with Crippen LogP contribution in [0.3, 0.4) is 0 Å². The Bertz CT molecular complexity index is 380. The molecule has 0 amide bonds. The van der Waals surface area contributed by atoms with Crippen LogP contribution in [0.5, 0.6) is 0 Å². The Balaban J connectivity index is 2.78. The summed E-state index contributed by atoms with van der Waals surface area (Å²) in [5, 5.41) is 13.1. The summed E-state index contributed by atoms with van der Waals surface area (Å²) in [6, 6.07) is 1.82. The fraction of sp³-hybridized carbons (Fsp3) is 0.667. The second-order valence-electron chi connectivity index (χ2n) is 4.79. The van der Waals surface area contributed by atoms with Crippen LogP contribution in [-0.2, 0) is 0 Å². The summed E-state index contributed by atoms with van der Waals surface area (Å²) in [5.41, 5.74) is -0.713. The van der Waals surface area contributed by atoms with Gasteiger partial charge in [0.1, 0.15) is 16.2 Å². The first-order valence-corrected chi connectivity index (χ1v) is 6.64. The molecule has 1 aromatic rings. The second kappa shape index (κ2) is 5.78. The van der Waals surface area contributed by atoms with Gasteiger partial charge in [-0.1, -0.05) is 20.8 Å². The van der Waals surface area contributed by atoms with Crippen molar-refractivity contribution in [3.05, 3.63) is 16.5 Å². The highest BCUT2D eigenvalue weighted by molar-refractivity contribution is 9.10. The molecule has 0 radical (unpaired) electrons. The lowest BCUT2D eigenvalue weighted by Crippen LogP contribution is -2.32. The largest absolute Gasteiger partial charge is 0.388 e. The maximum atomic E-state index is 9.91. The number of aromatic nitrogens is 2. The number of nitrogens with zero attached hydrogens (tertiary/aromatic N) is 2. The van der Waals surface area contributed by atoms with Crippen LogP contribution in [0, 0.1) is 0 Å². The van der Waals surface area contributed by atoms with E-state index in [2.05, 4.69) is 31.2 Å². The molecule has 0 bridgehead atoms. The first-order valence-electron chi connectivity index (χ1n) is 5.85. The van der Waals surface area contributed by atoms with Crippen LogP contribution < -0.4 is 5.32 Å². The van der Waals surface area contributed by atoms with Gasteiger partial charge in [0.2, 0.25) is 0 Å². The minimum Gasteiger partial charge on any atom is -0.388 e. The van der Waals surface area contributed by atoms with E-state index >= 15 is 0 Å². The van der Waals surface area contributed by atoms with Crippen LogP contribution in [0.2, 0.25) is 0 Å². The van der Waals surface area contributed by atoms with Gasteiger partial charge in [0, 0.05) is 18.5 Å². The lowest BCUT2D eigenvalue weighted by atomic mass is 10.0. The number of anilines is 1. The van der Waals surface area contributed by atoms with Crippen molar-refractivity contribution >= 4 is 21.7 Å². The van der Waals surface area contributed by atoms with Gasteiger partial charge in [-0.25, -0.2) is 9.97 Å². The predicted molar refractivity (Wildman–Crippen MR) is 73.2 cm³/mol. The van der Waals surface area contributed by atoms with Crippen LogP contribution in [0.4, 0.5) is 5.82 Å². The molecule has 0 aliphatic heterocycles. The normalized spacial score (nSPS) is 14.8. The second-order valence-corrected chi connectivity index (χ2v) is 5.61. The molecule has 17 heavy (non-hydrogen) atoms. The molecule has 0 saturated heterocycles. The Morgan fingerprint density at radius 3 is 2.65 bits per heavy atom. The van der Waals surface area contributed by atoms with Crippen LogP contribution in [0.15, 0.2) is 10.7 Å². The first kappa shape index (κ1) is 14.4. The smallest absolute Gasteiger partial charge is 0.134 e. The van der Waals surface area contributed by atoms with Crippen molar-refractivity contribution in [1.29, 1.82) is 0 Å². The van der Waals surface area contributed by atoms with E-state index < -0.39 is 5.60 Å². The van der Waals surface area contributed by atoms with Crippen LogP contribution in [0.25, 0.3) is 0 Å². The number of hydrogen-bond acceptors (Lipinski definition) is 4. The summed E-state index contributed by atoms with van der Waals surface area (Å²) < 4.78 is 0.759. The van der Waals surface area contributed by atoms with Crippen molar-refractivity contribution in [1.82, 2.24) is 9.97 Å². The number of nitrogens with one attached hydrogen (secondary N) is 1. The van der Waals surface area contributed by atoms with E-state index in [9.17, 15) is 5.11 Å². The van der Waals surface area contributed by atoms with Gasteiger partial charge >= 0.3 is 0 Å². The number of aliphatic hydroxyl groups is 1. The van der Waals surface area contributed by atoms with E-state index in [1.807, 2.05) is 26.8 Å². The molecular weight excluding hydrogens is 282 g/mol. The lowest BCUT2D eigenvalue weighted by Gasteiger charge is -2.22. The fourth-order valence-electron chi connectivity index (χ4n) is 1.19. The first-order chi connectivity index (χ1) is 7.84. The Morgan fingerprint density at radius 1 is 1.47 bits per heavy atom. The summed E-state index contributed by atoms with van der Waals surface area (Å²) in [6.45, 7) is 8.34. The Labute approximate surface area is 111 Å². The van der Waals surface area contributed by atoms with Crippen molar-refractivity contribution in [2.45, 2.75) is 45.6 Å². The summed E-state index contributed by atoms with van der Waals surface area (Å²) in [6.07, 6.45) is 0.698. The molecule has 1 atom stereocenters. The zero-order valence-corrected chi connectivity index (χ0v) is 12.4. The molecule has 1 unspecified atom stereocenters. The molecule has 1 aromatic heterocycles. The summed E-state index contributed by atoms with van der Waals surface area (Å²) in [5.74, 6) is 1.81. The Kier molecular flexibility index (Phi) is 4.89. The number of hydrogen-bond donors (Lipinski definition) is 2. The monoisotopic (exact) mass is 301 g/mol. The van der Waals surface area contributed by atoms with E-state index in [0.717, 1.165) is 16.2 Å². The van der Waals surface area contributed by atoms with Gasteiger partial charge in [-0.05, 0) is 29.3 Å². The van der Waals surface area contributed by atoms with Gasteiger partial charge in [-0.3, -0.25) is 0 Å². The third-order valence-corrected chi connectivity index (χ3v) is 3.05. The molecule has 1 heterocycles. The molecule has 0 aliphatic rings.